The van der Waals surface area contributed by atoms with Crippen LogP contribution in [0.15, 0.2) is 11.0 Å². The Hall–Kier alpha value is -2.38. The van der Waals surface area contributed by atoms with Crippen molar-refractivity contribution >= 4 is 5.91 Å². The molecule has 0 aliphatic carbocycles. The first-order valence-electron chi connectivity index (χ1n) is 9.92. The Kier molecular flexibility index (Phi) is 4.44. The number of amides is 1. The van der Waals surface area contributed by atoms with Gasteiger partial charge in [0.25, 0.3) is 5.91 Å². The molecule has 8 nitrogen and oxygen atoms in total. The van der Waals surface area contributed by atoms with Crippen molar-refractivity contribution in [2.75, 3.05) is 0 Å². The molecule has 2 unspecified atom stereocenters. The summed E-state index contributed by atoms with van der Waals surface area (Å²) in [6.07, 6.45) is 4.21. The summed E-state index contributed by atoms with van der Waals surface area (Å²) in [6.45, 7) is 10.0. The number of rotatable bonds is 4. The standard InChI is InChI=1S/C19H28N6O2/c1-5-23-13(4)16(9-20-23)18(26)25-14-6-7-15(25)11-22-17(8-14)21-24(19(22)27)10-12(2)3/h9,12,14-15H,5-8,10-11H2,1-4H3. The highest BCUT2D eigenvalue weighted by molar-refractivity contribution is 5.95. The maximum absolute atomic E-state index is 13.3. The van der Waals surface area contributed by atoms with Crippen LogP contribution in [0.4, 0.5) is 0 Å². The number of fused-ring (bicyclic) bond motifs is 3. The van der Waals surface area contributed by atoms with Crippen LogP contribution in [0.1, 0.15) is 55.5 Å². The number of hydrogen-bond acceptors (Lipinski definition) is 4. The molecule has 8 heteroatoms. The van der Waals surface area contributed by atoms with Gasteiger partial charge in [0.05, 0.1) is 17.8 Å². The molecule has 1 amide bonds. The summed E-state index contributed by atoms with van der Waals surface area (Å²) in [5.74, 6) is 1.22. The number of hydrogen-bond donors (Lipinski definition) is 0. The van der Waals surface area contributed by atoms with Gasteiger partial charge >= 0.3 is 5.69 Å². The van der Waals surface area contributed by atoms with Gasteiger partial charge in [0, 0.05) is 37.8 Å². The van der Waals surface area contributed by atoms with E-state index >= 15 is 0 Å². The van der Waals surface area contributed by atoms with E-state index in [1.165, 1.54) is 0 Å². The molecule has 0 radical (unpaired) electrons. The van der Waals surface area contributed by atoms with Gasteiger partial charge in [-0.15, -0.1) is 0 Å². The van der Waals surface area contributed by atoms with E-state index in [1.54, 1.807) is 15.4 Å². The predicted molar refractivity (Wildman–Crippen MR) is 101 cm³/mol. The first-order valence-corrected chi connectivity index (χ1v) is 9.92. The lowest BCUT2D eigenvalue weighted by atomic mass is 10.1. The molecule has 2 aliphatic rings. The molecule has 4 rings (SSSR count). The number of carbonyl (C=O) groups is 1. The average Bonchev–Trinajstić information content (AvgIpc) is 3.22. The van der Waals surface area contributed by atoms with Gasteiger partial charge in [-0.25, -0.2) is 9.48 Å². The van der Waals surface area contributed by atoms with Crippen LogP contribution in [-0.4, -0.2) is 47.0 Å². The molecular weight excluding hydrogens is 344 g/mol. The summed E-state index contributed by atoms with van der Waals surface area (Å²) in [6, 6.07) is 0.143. The highest BCUT2D eigenvalue weighted by Crippen LogP contribution is 2.32. The Bertz CT molecular complexity index is 921. The first-order chi connectivity index (χ1) is 12.9. The van der Waals surface area contributed by atoms with Gasteiger partial charge in [0.15, 0.2) is 0 Å². The highest BCUT2D eigenvalue weighted by atomic mass is 16.2. The molecule has 0 saturated carbocycles. The number of carbonyl (C=O) groups excluding carboxylic acids is 1. The topological polar surface area (TPSA) is 78.0 Å². The summed E-state index contributed by atoms with van der Waals surface area (Å²) < 4.78 is 5.23. The fourth-order valence-corrected chi connectivity index (χ4v) is 4.49. The van der Waals surface area contributed by atoms with E-state index < -0.39 is 0 Å². The van der Waals surface area contributed by atoms with Gasteiger partial charge in [0.2, 0.25) is 0 Å². The zero-order valence-corrected chi connectivity index (χ0v) is 16.6. The van der Waals surface area contributed by atoms with Gasteiger partial charge in [-0.05, 0) is 32.6 Å². The molecule has 0 spiro atoms. The Morgan fingerprint density at radius 2 is 2.00 bits per heavy atom. The fraction of sp³-hybridized carbons (Fsp3) is 0.684. The van der Waals surface area contributed by atoms with Crippen LogP contribution in [0, 0.1) is 12.8 Å². The molecule has 2 aromatic heterocycles. The molecule has 1 fully saturated rings. The largest absolute Gasteiger partial charge is 0.345 e. The van der Waals surface area contributed by atoms with Crippen LogP contribution in [0.3, 0.4) is 0 Å². The van der Waals surface area contributed by atoms with Crippen molar-refractivity contribution in [1.29, 1.82) is 0 Å². The number of aromatic nitrogens is 5. The number of nitrogens with zero attached hydrogens (tertiary/aromatic N) is 6. The molecular formula is C19H28N6O2. The molecule has 4 heterocycles. The molecule has 2 bridgehead atoms. The average molecular weight is 372 g/mol. The Morgan fingerprint density at radius 3 is 2.67 bits per heavy atom. The second-order valence-corrected chi connectivity index (χ2v) is 8.15. The summed E-state index contributed by atoms with van der Waals surface area (Å²) in [7, 11) is 0. The number of aryl methyl sites for hydroxylation is 1. The van der Waals surface area contributed by atoms with E-state index in [4.69, 9.17) is 0 Å². The van der Waals surface area contributed by atoms with Crippen LogP contribution < -0.4 is 5.69 Å². The minimum Gasteiger partial charge on any atom is -0.330 e. The fourth-order valence-electron chi connectivity index (χ4n) is 4.49. The third-order valence-corrected chi connectivity index (χ3v) is 5.84. The molecule has 2 aliphatic heterocycles. The Morgan fingerprint density at radius 1 is 1.26 bits per heavy atom. The van der Waals surface area contributed by atoms with E-state index in [0.717, 1.165) is 30.9 Å². The van der Waals surface area contributed by atoms with Crippen molar-refractivity contribution in [3.8, 4) is 0 Å². The van der Waals surface area contributed by atoms with Crippen LogP contribution in [0.5, 0.6) is 0 Å². The third-order valence-electron chi connectivity index (χ3n) is 5.84. The molecule has 0 N–H and O–H groups in total. The minimum atomic E-state index is -0.0476. The lowest BCUT2D eigenvalue weighted by Crippen LogP contribution is -2.43. The van der Waals surface area contributed by atoms with Crippen molar-refractivity contribution < 1.29 is 4.79 Å². The molecule has 27 heavy (non-hydrogen) atoms. The monoisotopic (exact) mass is 372 g/mol. The lowest BCUT2D eigenvalue weighted by Gasteiger charge is -2.27. The van der Waals surface area contributed by atoms with Gasteiger partial charge < -0.3 is 4.90 Å². The van der Waals surface area contributed by atoms with E-state index in [-0.39, 0.29) is 23.7 Å². The van der Waals surface area contributed by atoms with E-state index in [2.05, 4.69) is 24.0 Å². The van der Waals surface area contributed by atoms with Crippen molar-refractivity contribution in [1.82, 2.24) is 29.0 Å². The zero-order chi connectivity index (χ0) is 19.3. The quantitative estimate of drug-likeness (QED) is 0.814. The van der Waals surface area contributed by atoms with Gasteiger partial charge in [-0.1, -0.05) is 13.8 Å². The molecule has 2 atom stereocenters. The van der Waals surface area contributed by atoms with E-state index in [0.29, 0.717) is 31.0 Å². The van der Waals surface area contributed by atoms with E-state index in [1.807, 2.05) is 23.4 Å². The van der Waals surface area contributed by atoms with Crippen LogP contribution in [-0.2, 0) is 26.1 Å². The summed E-state index contributed by atoms with van der Waals surface area (Å²) >= 11 is 0. The first kappa shape index (κ1) is 18.0. The van der Waals surface area contributed by atoms with Gasteiger partial charge in [-0.2, -0.15) is 10.2 Å². The maximum atomic E-state index is 13.3. The summed E-state index contributed by atoms with van der Waals surface area (Å²) in [5, 5.41) is 8.91. The van der Waals surface area contributed by atoms with Crippen molar-refractivity contribution in [2.24, 2.45) is 5.92 Å². The van der Waals surface area contributed by atoms with Gasteiger partial charge in [0.1, 0.15) is 5.82 Å². The molecule has 1 saturated heterocycles. The normalized spacial score (nSPS) is 21.6. The Balaban J connectivity index is 1.64. The predicted octanol–water partition coefficient (Wildman–Crippen LogP) is 1.46. The van der Waals surface area contributed by atoms with Crippen molar-refractivity contribution in [3.05, 3.63) is 33.8 Å². The second kappa shape index (κ2) is 6.65. The smallest absolute Gasteiger partial charge is 0.330 e. The van der Waals surface area contributed by atoms with Crippen LogP contribution in [0.25, 0.3) is 0 Å². The SMILES string of the molecule is CCn1ncc(C(=O)N2C3CCC2Cn2c(nn(CC(C)C)c2=O)C3)c1C. The van der Waals surface area contributed by atoms with Crippen LogP contribution in [0.2, 0.25) is 0 Å². The third kappa shape index (κ3) is 2.91. The molecule has 2 aromatic rings. The molecule has 0 aromatic carbocycles. The second-order valence-electron chi connectivity index (χ2n) is 8.15. The highest BCUT2D eigenvalue weighted by Gasteiger charge is 2.42. The van der Waals surface area contributed by atoms with E-state index in [9.17, 15) is 9.59 Å². The van der Waals surface area contributed by atoms with Crippen molar-refractivity contribution in [3.63, 3.8) is 0 Å². The minimum absolute atomic E-state index is 0.0351. The summed E-state index contributed by atoms with van der Waals surface area (Å²) in [5.41, 5.74) is 1.53. The zero-order valence-electron chi connectivity index (χ0n) is 16.6. The molecule has 146 valence electrons. The maximum Gasteiger partial charge on any atom is 0.345 e. The van der Waals surface area contributed by atoms with Crippen LogP contribution >= 0.6 is 0 Å². The van der Waals surface area contributed by atoms with Gasteiger partial charge in [-0.3, -0.25) is 14.0 Å². The lowest BCUT2D eigenvalue weighted by molar-refractivity contribution is 0.0664. The van der Waals surface area contributed by atoms with Crippen molar-refractivity contribution in [2.45, 2.75) is 78.7 Å². The summed E-state index contributed by atoms with van der Waals surface area (Å²) in [4.78, 5) is 28.1. The Labute approximate surface area is 158 Å².